The van der Waals surface area contributed by atoms with Gasteiger partial charge in [-0.05, 0) is 63.4 Å². The maximum Gasteiger partial charge on any atom is 0.326 e. The summed E-state index contributed by atoms with van der Waals surface area (Å²) in [6, 6.07) is 15.2. The molecule has 3 aromatic rings. The predicted octanol–water partition coefficient (Wildman–Crippen LogP) is 4.12. The zero-order chi connectivity index (χ0) is 22.2. The Balaban J connectivity index is 1.73. The van der Waals surface area contributed by atoms with E-state index in [1.165, 1.54) is 0 Å². The predicted molar refractivity (Wildman–Crippen MR) is 122 cm³/mol. The van der Waals surface area contributed by atoms with Gasteiger partial charge < -0.3 is 19.9 Å². The minimum absolute atomic E-state index is 0.0586. The Morgan fingerprint density at radius 1 is 1.16 bits per heavy atom. The van der Waals surface area contributed by atoms with Crippen LogP contribution in [0.1, 0.15) is 43.6 Å². The first-order chi connectivity index (χ1) is 14.7. The first-order valence-corrected chi connectivity index (χ1v) is 10.7. The quantitative estimate of drug-likeness (QED) is 0.624. The largest absolute Gasteiger partial charge is 0.459 e. The molecule has 2 N–H and O–H groups in total. The first kappa shape index (κ1) is 21.1. The van der Waals surface area contributed by atoms with Crippen LogP contribution in [-0.2, 0) is 27.3 Å². The van der Waals surface area contributed by atoms with Gasteiger partial charge in [-0.25, -0.2) is 0 Å². The van der Waals surface area contributed by atoms with Crippen LogP contribution in [0, 0.1) is 6.92 Å². The van der Waals surface area contributed by atoms with Crippen LogP contribution < -0.4 is 10.6 Å². The van der Waals surface area contributed by atoms with Gasteiger partial charge in [0, 0.05) is 28.8 Å². The highest BCUT2D eigenvalue weighted by Crippen LogP contribution is 2.34. The second kappa shape index (κ2) is 8.19. The number of hydrogen-bond donors (Lipinski definition) is 2. The van der Waals surface area contributed by atoms with Crippen molar-refractivity contribution in [3.63, 3.8) is 0 Å². The van der Waals surface area contributed by atoms with E-state index in [9.17, 15) is 9.59 Å². The van der Waals surface area contributed by atoms with E-state index in [0.717, 1.165) is 39.8 Å². The highest BCUT2D eigenvalue weighted by Gasteiger charge is 2.33. The molecule has 2 heterocycles. The van der Waals surface area contributed by atoms with Gasteiger partial charge in [0.2, 0.25) is 5.91 Å². The standard InChI is InChI=1S/C25H29N3O3/c1-16-8-7-9-17(14-16)27-24(30)22-23-19(12-13-26-22)18-10-5-6-11-20(18)28(23)15-21(29)31-25(2,3)4/h5-11,14,22,26H,12-13,15H2,1-4H3,(H,27,30). The van der Waals surface area contributed by atoms with Crippen LogP contribution >= 0.6 is 0 Å². The molecule has 1 atom stereocenters. The van der Waals surface area contributed by atoms with E-state index in [4.69, 9.17) is 4.74 Å². The number of benzene rings is 2. The van der Waals surface area contributed by atoms with Crippen LogP contribution in [0.3, 0.4) is 0 Å². The Morgan fingerprint density at radius 3 is 2.68 bits per heavy atom. The second-order valence-corrected chi connectivity index (χ2v) is 9.05. The van der Waals surface area contributed by atoms with E-state index in [1.54, 1.807) is 0 Å². The van der Waals surface area contributed by atoms with Crippen LogP contribution in [0.4, 0.5) is 5.69 Å². The highest BCUT2D eigenvalue weighted by molar-refractivity contribution is 5.98. The molecule has 6 heteroatoms. The fraction of sp³-hybridized carbons (Fsp3) is 0.360. The van der Waals surface area contributed by atoms with Gasteiger partial charge in [-0.15, -0.1) is 0 Å². The Bertz CT molecular complexity index is 1140. The van der Waals surface area contributed by atoms with Crippen LogP contribution in [0.5, 0.6) is 0 Å². The third kappa shape index (κ3) is 4.49. The highest BCUT2D eigenvalue weighted by atomic mass is 16.6. The van der Waals surface area contributed by atoms with Crippen LogP contribution in [0.25, 0.3) is 10.9 Å². The number of aromatic nitrogens is 1. The Labute approximate surface area is 182 Å². The number of esters is 1. The molecule has 2 aromatic carbocycles. The molecule has 0 saturated heterocycles. The van der Waals surface area contributed by atoms with E-state index < -0.39 is 11.6 Å². The van der Waals surface area contributed by atoms with E-state index >= 15 is 0 Å². The summed E-state index contributed by atoms with van der Waals surface area (Å²) in [5.41, 5.74) is 4.16. The van der Waals surface area contributed by atoms with Crippen molar-refractivity contribution in [3.05, 3.63) is 65.4 Å². The van der Waals surface area contributed by atoms with E-state index in [2.05, 4.69) is 16.7 Å². The smallest absolute Gasteiger partial charge is 0.326 e. The lowest BCUT2D eigenvalue weighted by Crippen LogP contribution is -2.40. The summed E-state index contributed by atoms with van der Waals surface area (Å²) in [5, 5.41) is 7.45. The number of anilines is 1. The van der Waals surface area contributed by atoms with Crippen molar-refractivity contribution in [2.75, 3.05) is 11.9 Å². The van der Waals surface area contributed by atoms with Crippen LogP contribution in [0.15, 0.2) is 48.5 Å². The maximum absolute atomic E-state index is 13.3. The lowest BCUT2D eigenvalue weighted by atomic mass is 9.98. The van der Waals surface area contributed by atoms with Crippen molar-refractivity contribution in [2.24, 2.45) is 0 Å². The number of rotatable bonds is 4. The van der Waals surface area contributed by atoms with Gasteiger partial charge in [0.1, 0.15) is 18.2 Å². The molecule has 0 saturated carbocycles. The summed E-state index contributed by atoms with van der Waals surface area (Å²) in [4.78, 5) is 26.0. The Morgan fingerprint density at radius 2 is 1.94 bits per heavy atom. The van der Waals surface area contributed by atoms with Gasteiger partial charge in [-0.2, -0.15) is 0 Å². The van der Waals surface area contributed by atoms with E-state index in [1.807, 2.05) is 74.7 Å². The lowest BCUT2D eigenvalue weighted by molar-refractivity contribution is -0.155. The summed E-state index contributed by atoms with van der Waals surface area (Å²) in [5.74, 6) is -0.459. The number of carbonyl (C=O) groups is 2. The Hall–Kier alpha value is -3.12. The summed E-state index contributed by atoms with van der Waals surface area (Å²) < 4.78 is 7.51. The van der Waals surface area contributed by atoms with E-state index in [-0.39, 0.29) is 18.4 Å². The molecule has 1 amide bonds. The number of nitrogens with zero attached hydrogens (tertiary/aromatic N) is 1. The molecule has 0 bridgehead atoms. The van der Waals surface area contributed by atoms with Gasteiger partial charge in [-0.3, -0.25) is 9.59 Å². The normalized spacial score (nSPS) is 16.1. The molecule has 0 fully saturated rings. The maximum atomic E-state index is 13.3. The summed E-state index contributed by atoms with van der Waals surface area (Å²) in [6.07, 6.45) is 0.797. The molecule has 1 aliphatic heterocycles. The molecule has 4 rings (SSSR count). The molecule has 1 unspecified atom stereocenters. The minimum atomic E-state index is -0.569. The molecule has 1 aliphatic rings. The SMILES string of the molecule is Cc1cccc(NC(=O)C2NCCc3c2n(CC(=O)OC(C)(C)C)c2ccccc32)c1. The van der Waals surface area contributed by atoms with Crippen molar-refractivity contribution < 1.29 is 14.3 Å². The molecule has 162 valence electrons. The lowest BCUT2D eigenvalue weighted by Gasteiger charge is -2.27. The summed E-state index contributed by atoms with van der Waals surface area (Å²) in [6.45, 7) is 8.31. The van der Waals surface area contributed by atoms with Crippen LogP contribution in [0.2, 0.25) is 0 Å². The number of nitrogens with one attached hydrogen (secondary N) is 2. The van der Waals surface area contributed by atoms with Gasteiger partial charge in [0.25, 0.3) is 0 Å². The molecular weight excluding hydrogens is 390 g/mol. The number of carbonyl (C=O) groups excluding carboxylic acids is 2. The zero-order valence-electron chi connectivity index (χ0n) is 18.5. The van der Waals surface area contributed by atoms with Crippen molar-refractivity contribution in [3.8, 4) is 0 Å². The van der Waals surface area contributed by atoms with E-state index in [0.29, 0.717) is 6.54 Å². The number of hydrogen-bond acceptors (Lipinski definition) is 4. The second-order valence-electron chi connectivity index (χ2n) is 9.05. The van der Waals surface area contributed by atoms with Gasteiger partial charge in [-0.1, -0.05) is 30.3 Å². The van der Waals surface area contributed by atoms with Gasteiger partial charge >= 0.3 is 5.97 Å². The average molecular weight is 420 g/mol. The molecule has 31 heavy (non-hydrogen) atoms. The molecule has 0 spiro atoms. The number of ether oxygens (including phenoxy) is 1. The van der Waals surface area contributed by atoms with Crippen molar-refractivity contribution in [2.45, 2.75) is 52.3 Å². The first-order valence-electron chi connectivity index (χ1n) is 10.7. The third-order valence-electron chi connectivity index (χ3n) is 5.37. The molecule has 0 radical (unpaired) electrons. The molecular formula is C25H29N3O3. The molecule has 6 nitrogen and oxygen atoms in total. The molecule has 1 aromatic heterocycles. The number of para-hydroxylation sites is 1. The van der Waals surface area contributed by atoms with Gasteiger partial charge in [0.05, 0.1) is 0 Å². The minimum Gasteiger partial charge on any atom is -0.459 e. The Kier molecular flexibility index (Phi) is 5.58. The summed E-state index contributed by atoms with van der Waals surface area (Å²) >= 11 is 0. The number of aryl methyl sites for hydroxylation is 1. The van der Waals surface area contributed by atoms with Crippen molar-refractivity contribution >= 4 is 28.5 Å². The number of amides is 1. The average Bonchev–Trinajstić information content (AvgIpc) is 3.00. The molecule has 0 aliphatic carbocycles. The third-order valence-corrected chi connectivity index (χ3v) is 5.37. The summed E-state index contributed by atoms with van der Waals surface area (Å²) in [7, 11) is 0. The number of fused-ring (bicyclic) bond motifs is 3. The van der Waals surface area contributed by atoms with Crippen LogP contribution in [-0.4, -0.2) is 28.6 Å². The van der Waals surface area contributed by atoms with Crippen molar-refractivity contribution in [1.82, 2.24) is 9.88 Å². The van der Waals surface area contributed by atoms with Gasteiger partial charge in [0.15, 0.2) is 0 Å². The zero-order valence-corrected chi connectivity index (χ0v) is 18.5. The fourth-order valence-electron chi connectivity index (χ4n) is 4.25. The topological polar surface area (TPSA) is 72.4 Å². The fourth-order valence-corrected chi connectivity index (χ4v) is 4.25. The monoisotopic (exact) mass is 419 g/mol. The van der Waals surface area contributed by atoms with Crippen molar-refractivity contribution in [1.29, 1.82) is 0 Å².